The average Bonchev–Trinajstić information content (AvgIpc) is 2.96. The van der Waals surface area contributed by atoms with Gasteiger partial charge in [-0.15, -0.1) is 0 Å². The van der Waals surface area contributed by atoms with Gasteiger partial charge in [-0.2, -0.15) is 5.10 Å². The van der Waals surface area contributed by atoms with E-state index in [1.807, 2.05) is 42.5 Å². The van der Waals surface area contributed by atoms with E-state index < -0.39 is 0 Å². The minimum absolute atomic E-state index is 0.0725. The molecule has 0 unspecified atom stereocenters. The first kappa shape index (κ1) is 15.7. The Labute approximate surface area is 140 Å². The summed E-state index contributed by atoms with van der Waals surface area (Å²) < 4.78 is 6.85. The number of methoxy groups -OCH3 is 1. The van der Waals surface area contributed by atoms with Crippen molar-refractivity contribution in [3.8, 4) is 17.1 Å². The summed E-state index contributed by atoms with van der Waals surface area (Å²) in [5.41, 5.74) is 1.55. The Morgan fingerprint density at radius 3 is 2.58 bits per heavy atom. The number of para-hydroxylation sites is 2. The van der Waals surface area contributed by atoms with Crippen LogP contribution in [0.4, 0.5) is 5.69 Å². The maximum absolute atomic E-state index is 12.4. The number of rotatable bonds is 5. The fourth-order valence-corrected chi connectivity index (χ4v) is 2.44. The number of anilines is 1. The molecule has 1 N–H and O–H groups in total. The molecule has 0 aliphatic carbocycles. The number of hydrogen-bond donors (Lipinski definition) is 1. The zero-order chi connectivity index (χ0) is 16.9. The molecule has 1 heterocycles. The van der Waals surface area contributed by atoms with Gasteiger partial charge in [0.1, 0.15) is 18.1 Å². The van der Waals surface area contributed by atoms with Crippen molar-refractivity contribution in [3.63, 3.8) is 0 Å². The highest BCUT2D eigenvalue weighted by atomic mass is 16.5. The fraction of sp³-hybridized carbons (Fsp3) is 0.167. The van der Waals surface area contributed by atoms with Gasteiger partial charge in [0, 0.05) is 5.56 Å². The third kappa shape index (κ3) is 3.43. The summed E-state index contributed by atoms with van der Waals surface area (Å²) in [5, 5.41) is 7.17. The Morgan fingerprint density at radius 1 is 1.12 bits per heavy atom. The maximum atomic E-state index is 12.4. The zero-order valence-electron chi connectivity index (χ0n) is 13.6. The molecule has 0 saturated heterocycles. The summed E-state index contributed by atoms with van der Waals surface area (Å²) in [6.07, 6.45) is 0. The SMILES string of the molecule is COc1ccccc1NC(=O)Cn1nc(C)nc1-c1ccccc1. The molecule has 0 saturated carbocycles. The number of aryl methyl sites for hydroxylation is 1. The van der Waals surface area contributed by atoms with E-state index >= 15 is 0 Å². The van der Waals surface area contributed by atoms with E-state index in [4.69, 9.17) is 4.74 Å². The molecule has 2 aromatic carbocycles. The van der Waals surface area contributed by atoms with Crippen molar-refractivity contribution in [1.29, 1.82) is 0 Å². The summed E-state index contributed by atoms with van der Waals surface area (Å²) >= 11 is 0. The van der Waals surface area contributed by atoms with Crippen LogP contribution in [0, 0.1) is 6.92 Å². The van der Waals surface area contributed by atoms with E-state index in [0.29, 0.717) is 23.1 Å². The van der Waals surface area contributed by atoms with Gasteiger partial charge in [0.05, 0.1) is 12.8 Å². The van der Waals surface area contributed by atoms with E-state index in [1.165, 1.54) is 0 Å². The lowest BCUT2D eigenvalue weighted by atomic mass is 10.2. The molecule has 0 bridgehead atoms. The number of amides is 1. The second-order valence-corrected chi connectivity index (χ2v) is 5.25. The highest BCUT2D eigenvalue weighted by molar-refractivity contribution is 5.92. The van der Waals surface area contributed by atoms with Crippen LogP contribution in [0.25, 0.3) is 11.4 Å². The fourth-order valence-electron chi connectivity index (χ4n) is 2.44. The van der Waals surface area contributed by atoms with Gasteiger partial charge in [0.2, 0.25) is 5.91 Å². The minimum Gasteiger partial charge on any atom is -0.495 e. The molecule has 1 aromatic heterocycles. The molecule has 0 aliphatic heterocycles. The lowest BCUT2D eigenvalue weighted by molar-refractivity contribution is -0.116. The predicted octanol–water partition coefficient (Wildman–Crippen LogP) is 2.90. The lowest BCUT2D eigenvalue weighted by Gasteiger charge is -2.10. The molecule has 0 radical (unpaired) electrons. The third-order valence-electron chi connectivity index (χ3n) is 3.48. The number of nitrogens with one attached hydrogen (secondary N) is 1. The van der Waals surface area contributed by atoms with Crippen molar-refractivity contribution in [2.24, 2.45) is 0 Å². The number of aromatic nitrogens is 3. The first-order valence-corrected chi connectivity index (χ1v) is 7.57. The molecule has 0 aliphatic rings. The number of carbonyl (C=O) groups excluding carboxylic acids is 1. The van der Waals surface area contributed by atoms with Crippen LogP contribution in [-0.4, -0.2) is 27.8 Å². The number of benzene rings is 2. The van der Waals surface area contributed by atoms with E-state index in [9.17, 15) is 4.79 Å². The van der Waals surface area contributed by atoms with Crippen molar-refractivity contribution >= 4 is 11.6 Å². The average molecular weight is 322 g/mol. The van der Waals surface area contributed by atoms with E-state index in [1.54, 1.807) is 30.8 Å². The second-order valence-electron chi connectivity index (χ2n) is 5.25. The standard InChI is InChI=1S/C18H18N4O2/c1-13-19-18(14-8-4-3-5-9-14)22(21-13)12-17(23)20-15-10-6-7-11-16(15)24-2/h3-11H,12H2,1-2H3,(H,20,23). The van der Waals surface area contributed by atoms with Crippen LogP contribution in [0.3, 0.4) is 0 Å². The maximum Gasteiger partial charge on any atom is 0.246 e. The van der Waals surface area contributed by atoms with Gasteiger partial charge in [-0.05, 0) is 19.1 Å². The van der Waals surface area contributed by atoms with Crippen molar-refractivity contribution < 1.29 is 9.53 Å². The summed E-state index contributed by atoms with van der Waals surface area (Å²) in [4.78, 5) is 16.8. The Morgan fingerprint density at radius 2 is 1.83 bits per heavy atom. The van der Waals surface area contributed by atoms with Gasteiger partial charge < -0.3 is 10.1 Å². The molecule has 24 heavy (non-hydrogen) atoms. The normalized spacial score (nSPS) is 10.4. The van der Waals surface area contributed by atoms with Gasteiger partial charge in [0.15, 0.2) is 5.82 Å². The van der Waals surface area contributed by atoms with E-state index in [2.05, 4.69) is 15.4 Å². The minimum atomic E-state index is -0.193. The molecule has 3 aromatic rings. The number of hydrogen-bond acceptors (Lipinski definition) is 4. The third-order valence-corrected chi connectivity index (χ3v) is 3.48. The molecule has 0 fully saturated rings. The summed E-state index contributed by atoms with van der Waals surface area (Å²) in [5.74, 6) is 1.72. The Kier molecular flexibility index (Phi) is 4.56. The van der Waals surface area contributed by atoms with Crippen molar-refractivity contribution in [2.45, 2.75) is 13.5 Å². The molecular formula is C18H18N4O2. The Balaban J connectivity index is 1.80. The first-order chi connectivity index (χ1) is 11.7. The smallest absolute Gasteiger partial charge is 0.246 e. The van der Waals surface area contributed by atoms with E-state index in [-0.39, 0.29) is 12.5 Å². The molecule has 0 spiro atoms. The van der Waals surface area contributed by atoms with Crippen LogP contribution in [0.15, 0.2) is 54.6 Å². The monoisotopic (exact) mass is 322 g/mol. The molecule has 3 rings (SSSR count). The van der Waals surface area contributed by atoms with Gasteiger partial charge in [-0.1, -0.05) is 42.5 Å². The van der Waals surface area contributed by atoms with Crippen molar-refractivity contribution in [3.05, 3.63) is 60.4 Å². The summed E-state index contributed by atoms with van der Waals surface area (Å²) in [6, 6.07) is 17.0. The topological polar surface area (TPSA) is 69.0 Å². The van der Waals surface area contributed by atoms with Crippen LogP contribution < -0.4 is 10.1 Å². The quantitative estimate of drug-likeness (QED) is 0.784. The van der Waals surface area contributed by atoms with Gasteiger partial charge in [0.25, 0.3) is 0 Å². The lowest BCUT2D eigenvalue weighted by Crippen LogP contribution is -2.20. The zero-order valence-corrected chi connectivity index (χ0v) is 13.6. The summed E-state index contributed by atoms with van der Waals surface area (Å²) in [6.45, 7) is 1.88. The van der Waals surface area contributed by atoms with E-state index in [0.717, 1.165) is 5.56 Å². The van der Waals surface area contributed by atoms with Gasteiger partial charge in [-0.25, -0.2) is 9.67 Å². The molecule has 122 valence electrons. The predicted molar refractivity (Wildman–Crippen MR) is 91.8 cm³/mol. The number of nitrogens with zero attached hydrogens (tertiary/aromatic N) is 3. The van der Waals surface area contributed by atoms with Crippen LogP contribution >= 0.6 is 0 Å². The van der Waals surface area contributed by atoms with Crippen molar-refractivity contribution in [1.82, 2.24) is 14.8 Å². The molecule has 6 heteroatoms. The van der Waals surface area contributed by atoms with Crippen LogP contribution in [0.5, 0.6) is 5.75 Å². The molecule has 0 atom stereocenters. The first-order valence-electron chi connectivity index (χ1n) is 7.57. The van der Waals surface area contributed by atoms with Crippen LogP contribution in [-0.2, 0) is 11.3 Å². The highest BCUT2D eigenvalue weighted by Crippen LogP contribution is 2.23. The second kappa shape index (κ2) is 6.95. The Bertz CT molecular complexity index is 843. The Hall–Kier alpha value is -3.15. The molecule has 1 amide bonds. The number of carbonyl (C=O) groups is 1. The van der Waals surface area contributed by atoms with Gasteiger partial charge >= 0.3 is 0 Å². The van der Waals surface area contributed by atoms with Crippen molar-refractivity contribution in [2.75, 3.05) is 12.4 Å². The largest absolute Gasteiger partial charge is 0.495 e. The highest BCUT2D eigenvalue weighted by Gasteiger charge is 2.14. The molecular weight excluding hydrogens is 304 g/mol. The van der Waals surface area contributed by atoms with Crippen LogP contribution in [0.1, 0.15) is 5.82 Å². The number of ether oxygens (including phenoxy) is 1. The summed E-state index contributed by atoms with van der Waals surface area (Å²) in [7, 11) is 1.57. The van der Waals surface area contributed by atoms with Gasteiger partial charge in [-0.3, -0.25) is 4.79 Å². The molecule has 6 nitrogen and oxygen atoms in total. The van der Waals surface area contributed by atoms with Crippen LogP contribution in [0.2, 0.25) is 0 Å².